The largest absolute Gasteiger partial charge is 0.303 e. The van der Waals surface area contributed by atoms with Crippen LogP contribution in [0.3, 0.4) is 0 Å². The van der Waals surface area contributed by atoms with Crippen LogP contribution in [0.15, 0.2) is 0 Å². The van der Waals surface area contributed by atoms with Crippen LogP contribution in [0.25, 0.3) is 0 Å². The van der Waals surface area contributed by atoms with Crippen molar-refractivity contribution in [3.8, 4) is 0 Å². The number of carbonyl (C=O) groups excluding carboxylic acids is 1. The van der Waals surface area contributed by atoms with Crippen LogP contribution in [-0.4, -0.2) is 30.3 Å². The molecular formula is C16H27NO. The van der Waals surface area contributed by atoms with E-state index in [1.54, 1.807) is 0 Å². The maximum atomic E-state index is 11.6. The molecule has 2 heteroatoms. The predicted octanol–water partition coefficient (Wildman–Crippen LogP) is 3.26. The van der Waals surface area contributed by atoms with Gasteiger partial charge >= 0.3 is 0 Å². The van der Waals surface area contributed by atoms with Crippen molar-refractivity contribution < 1.29 is 4.79 Å². The molecule has 3 aliphatic carbocycles. The van der Waals surface area contributed by atoms with Crippen molar-refractivity contribution in [2.45, 2.75) is 64.3 Å². The zero-order valence-corrected chi connectivity index (χ0v) is 11.7. The highest BCUT2D eigenvalue weighted by Gasteiger charge is 2.41. The van der Waals surface area contributed by atoms with Gasteiger partial charge in [0.25, 0.3) is 0 Å². The van der Waals surface area contributed by atoms with Crippen molar-refractivity contribution in [2.75, 3.05) is 13.1 Å². The third-order valence-electron chi connectivity index (χ3n) is 5.29. The van der Waals surface area contributed by atoms with Gasteiger partial charge in [0, 0.05) is 24.5 Å². The maximum Gasteiger partial charge on any atom is 0.127 e. The van der Waals surface area contributed by atoms with E-state index in [-0.39, 0.29) is 5.41 Å². The van der Waals surface area contributed by atoms with Crippen molar-refractivity contribution in [2.24, 2.45) is 17.3 Å². The van der Waals surface area contributed by atoms with Crippen molar-refractivity contribution in [1.29, 1.82) is 0 Å². The molecule has 3 aliphatic rings. The minimum atomic E-state index is 0.00396. The first-order valence-electron chi connectivity index (χ1n) is 7.91. The molecule has 0 aromatic rings. The zero-order valence-electron chi connectivity index (χ0n) is 11.7. The van der Waals surface area contributed by atoms with Crippen molar-refractivity contribution in [3.05, 3.63) is 0 Å². The Bertz CT molecular complexity index is 298. The molecule has 3 fully saturated rings. The van der Waals surface area contributed by atoms with Crippen LogP contribution in [0.4, 0.5) is 0 Å². The fourth-order valence-corrected chi connectivity index (χ4v) is 3.47. The second-order valence-corrected chi connectivity index (χ2v) is 7.27. The van der Waals surface area contributed by atoms with Crippen LogP contribution in [0.2, 0.25) is 0 Å². The highest BCUT2D eigenvalue weighted by Crippen LogP contribution is 2.41. The fraction of sp³-hybridized carbons (Fsp3) is 0.938. The molecule has 0 heterocycles. The lowest BCUT2D eigenvalue weighted by molar-refractivity contribution is -0.119. The van der Waals surface area contributed by atoms with Crippen LogP contribution in [0, 0.1) is 17.3 Å². The van der Waals surface area contributed by atoms with E-state index in [2.05, 4.69) is 11.8 Å². The van der Waals surface area contributed by atoms with Gasteiger partial charge in [-0.2, -0.15) is 0 Å². The minimum Gasteiger partial charge on any atom is -0.303 e. The highest BCUT2D eigenvalue weighted by atomic mass is 16.1. The minimum absolute atomic E-state index is 0.00396. The van der Waals surface area contributed by atoms with E-state index in [1.807, 2.05) is 0 Å². The summed E-state index contributed by atoms with van der Waals surface area (Å²) in [5.41, 5.74) is 0.00396. The molecule has 0 spiro atoms. The first-order chi connectivity index (χ1) is 8.71. The molecule has 0 aliphatic heterocycles. The molecule has 0 saturated heterocycles. The molecule has 3 saturated carbocycles. The molecular weight excluding hydrogens is 222 g/mol. The van der Waals surface area contributed by atoms with Gasteiger partial charge in [0.15, 0.2) is 0 Å². The smallest absolute Gasteiger partial charge is 0.127 e. The van der Waals surface area contributed by atoms with Gasteiger partial charge in [-0.15, -0.1) is 0 Å². The number of hydrogen-bond donors (Lipinski definition) is 0. The van der Waals surface area contributed by atoms with Gasteiger partial charge in [-0.1, -0.05) is 6.92 Å². The molecule has 0 N–H and O–H groups in total. The second-order valence-electron chi connectivity index (χ2n) is 7.27. The zero-order chi connectivity index (χ0) is 12.6. The fourth-order valence-electron chi connectivity index (χ4n) is 3.47. The SMILES string of the molecule is CC1CCC(C=O)(CN(CC2CC2)C2CC2)CC1. The van der Waals surface area contributed by atoms with Gasteiger partial charge in [0.2, 0.25) is 0 Å². The van der Waals surface area contributed by atoms with E-state index in [0.717, 1.165) is 37.3 Å². The number of rotatable bonds is 6. The Labute approximate surface area is 111 Å². The van der Waals surface area contributed by atoms with Gasteiger partial charge in [-0.3, -0.25) is 4.90 Å². The Kier molecular flexibility index (Phi) is 3.48. The summed E-state index contributed by atoms with van der Waals surface area (Å²) in [6, 6.07) is 0.821. The topological polar surface area (TPSA) is 20.3 Å². The Morgan fingerprint density at radius 3 is 2.28 bits per heavy atom. The Morgan fingerprint density at radius 2 is 1.78 bits per heavy atom. The summed E-state index contributed by atoms with van der Waals surface area (Å²) in [6.45, 7) is 4.66. The highest BCUT2D eigenvalue weighted by molar-refractivity contribution is 5.60. The van der Waals surface area contributed by atoms with Crippen LogP contribution in [-0.2, 0) is 4.79 Å². The van der Waals surface area contributed by atoms with E-state index < -0.39 is 0 Å². The van der Waals surface area contributed by atoms with Crippen molar-refractivity contribution >= 4 is 6.29 Å². The molecule has 18 heavy (non-hydrogen) atoms. The molecule has 0 aromatic carbocycles. The van der Waals surface area contributed by atoms with Gasteiger partial charge in [0.1, 0.15) is 6.29 Å². The number of hydrogen-bond acceptors (Lipinski definition) is 2. The summed E-state index contributed by atoms with van der Waals surface area (Å²) in [5.74, 6) is 1.78. The molecule has 0 bridgehead atoms. The summed E-state index contributed by atoms with van der Waals surface area (Å²) in [5, 5.41) is 0. The normalized spacial score (nSPS) is 36.9. The van der Waals surface area contributed by atoms with E-state index in [0.29, 0.717) is 0 Å². The van der Waals surface area contributed by atoms with E-state index >= 15 is 0 Å². The third kappa shape index (κ3) is 2.96. The van der Waals surface area contributed by atoms with Gasteiger partial charge in [0.05, 0.1) is 0 Å². The molecule has 0 unspecified atom stereocenters. The molecule has 0 aromatic heterocycles. The lowest BCUT2D eigenvalue weighted by Gasteiger charge is -2.39. The quantitative estimate of drug-likeness (QED) is 0.673. The second kappa shape index (κ2) is 4.96. The molecule has 102 valence electrons. The summed E-state index contributed by atoms with van der Waals surface area (Å²) >= 11 is 0. The molecule has 0 atom stereocenters. The van der Waals surface area contributed by atoms with Crippen molar-refractivity contribution in [1.82, 2.24) is 4.90 Å². The van der Waals surface area contributed by atoms with E-state index in [9.17, 15) is 4.79 Å². The lowest BCUT2D eigenvalue weighted by atomic mass is 9.71. The number of aldehydes is 1. The summed E-state index contributed by atoms with van der Waals surface area (Å²) < 4.78 is 0. The van der Waals surface area contributed by atoms with Crippen LogP contribution >= 0.6 is 0 Å². The summed E-state index contributed by atoms with van der Waals surface area (Å²) in [6.07, 6.45) is 11.7. The number of nitrogens with zero attached hydrogens (tertiary/aromatic N) is 1. The summed E-state index contributed by atoms with van der Waals surface area (Å²) in [4.78, 5) is 14.3. The third-order valence-corrected chi connectivity index (χ3v) is 5.29. The van der Waals surface area contributed by atoms with Crippen LogP contribution < -0.4 is 0 Å². The number of carbonyl (C=O) groups is 1. The van der Waals surface area contributed by atoms with Gasteiger partial charge in [-0.25, -0.2) is 0 Å². The Hall–Kier alpha value is -0.370. The average molecular weight is 249 g/mol. The van der Waals surface area contributed by atoms with Gasteiger partial charge in [-0.05, 0) is 63.2 Å². The monoisotopic (exact) mass is 249 g/mol. The molecule has 3 rings (SSSR count). The maximum absolute atomic E-state index is 11.6. The Balaban J connectivity index is 1.61. The lowest BCUT2D eigenvalue weighted by Crippen LogP contribution is -2.43. The molecule has 0 radical (unpaired) electrons. The van der Waals surface area contributed by atoms with Crippen LogP contribution in [0.5, 0.6) is 0 Å². The molecule has 2 nitrogen and oxygen atoms in total. The van der Waals surface area contributed by atoms with E-state index in [1.165, 1.54) is 51.4 Å². The summed E-state index contributed by atoms with van der Waals surface area (Å²) in [7, 11) is 0. The first kappa shape index (κ1) is 12.7. The Morgan fingerprint density at radius 1 is 1.11 bits per heavy atom. The van der Waals surface area contributed by atoms with E-state index in [4.69, 9.17) is 0 Å². The standard InChI is InChI=1S/C16H27NO/c1-13-6-8-16(12-18,9-7-13)11-17(15-4-5-15)10-14-2-3-14/h12-15H,2-11H2,1H3. The van der Waals surface area contributed by atoms with Crippen LogP contribution in [0.1, 0.15) is 58.3 Å². The average Bonchev–Trinajstić information content (AvgIpc) is 3.25. The van der Waals surface area contributed by atoms with Gasteiger partial charge < -0.3 is 4.79 Å². The molecule has 0 amide bonds. The predicted molar refractivity (Wildman–Crippen MR) is 73.4 cm³/mol. The first-order valence-corrected chi connectivity index (χ1v) is 7.91. The van der Waals surface area contributed by atoms with Crippen molar-refractivity contribution in [3.63, 3.8) is 0 Å².